The van der Waals surface area contributed by atoms with E-state index in [-0.39, 0.29) is 17.5 Å². The maximum absolute atomic E-state index is 12.4. The number of halogens is 3. The van der Waals surface area contributed by atoms with Crippen LogP contribution in [0.3, 0.4) is 0 Å². The summed E-state index contributed by atoms with van der Waals surface area (Å²) in [7, 11) is 0. The molecule has 0 fully saturated rings. The van der Waals surface area contributed by atoms with Gasteiger partial charge >= 0.3 is 12.1 Å². The van der Waals surface area contributed by atoms with Gasteiger partial charge in [0.25, 0.3) is 0 Å². The van der Waals surface area contributed by atoms with Gasteiger partial charge in [-0.1, -0.05) is 0 Å². The van der Waals surface area contributed by atoms with E-state index in [1.165, 1.54) is 4.90 Å². The van der Waals surface area contributed by atoms with Crippen molar-refractivity contribution in [2.75, 3.05) is 6.54 Å². The Morgan fingerprint density at radius 2 is 2.11 bits per heavy atom. The monoisotopic (exact) mass is 281 g/mol. The number of thiophene rings is 1. The first-order valence-corrected chi connectivity index (χ1v) is 6.19. The third-order valence-corrected chi connectivity index (χ3v) is 3.37. The van der Waals surface area contributed by atoms with Gasteiger partial charge in [0.05, 0.1) is 6.54 Å². The van der Waals surface area contributed by atoms with Crippen molar-refractivity contribution in [3.05, 3.63) is 21.9 Å². The largest absolute Gasteiger partial charge is 0.477 e. The summed E-state index contributed by atoms with van der Waals surface area (Å²) < 4.78 is 37.2. The zero-order valence-electron chi connectivity index (χ0n) is 9.99. The van der Waals surface area contributed by atoms with E-state index in [0.29, 0.717) is 5.56 Å². The summed E-state index contributed by atoms with van der Waals surface area (Å²) in [6, 6.07) is 1.24. The van der Waals surface area contributed by atoms with Crippen molar-refractivity contribution >= 4 is 17.3 Å². The first kappa shape index (κ1) is 15.0. The third kappa shape index (κ3) is 4.30. The molecule has 0 aliphatic rings. The van der Waals surface area contributed by atoms with Gasteiger partial charge in [-0.05, 0) is 30.9 Å². The lowest BCUT2D eigenvalue weighted by atomic mass is 10.2. The molecule has 0 radical (unpaired) electrons. The highest BCUT2D eigenvalue weighted by atomic mass is 32.1. The van der Waals surface area contributed by atoms with Gasteiger partial charge in [-0.25, -0.2) is 4.79 Å². The maximum atomic E-state index is 12.4. The number of aromatic carboxylic acids is 1. The van der Waals surface area contributed by atoms with Crippen LogP contribution in [0, 0.1) is 0 Å². The number of alkyl halides is 3. The van der Waals surface area contributed by atoms with E-state index >= 15 is 0 Å². The first-order chi connectivity index (χ1) is 8.20. The quantitative estimate of drug-likeness (QED) is 0.901. The Morgan fingerprint density at radius 3 is 2.56 bits per heavy atom. The highest BCUT2D eigenvalue weighted by Crippen LogP contribution is 2.23. The molecule has 1 N–H and O–H groups in total. The summed E-state index contributed by atoms with van der Waals surface area (Å²) in [5, 5.41) is 10.5. The number of carboxylic acid groups (broad SMARTS) is 1. The van der Waals surface area contributed by atoms with Crippen molar-refractivity contribution in [1.29, 1.82) is 0 Å². The normalized spacial score (nSPS) is 12.4. The molecule has 1 aromatic rings. The molecule has 102 valence electrons. The average Bonchev–Trinajstić information content (AvgIpc) is 2.62. The number of hydrogen-bond acceptors (Lipinski definition) is 3. The topological polar surface area (TPSA) is 40.5 Å². The zero-order chi connectivity index (χ0) is 13.9. The van der Waals surface area contributed by atoms with Crippen LogP contribution >= 0.6 is 11.3 Å². The molecule has 1 aromatic heterocycles. The molecule has 7 heteroatoms. The molecule has 0 spiro atoms. The van der Waals surface area contributed by atoms with Gasteiger partial charge in [0.2, 0.25) is 0 Å². The molecule has 0 amide bonds. The summed E-state index contributed by atoms with van der Waals surface area (Å²) in [6.07, 6.45) is -4.29. The molecule has 0 unspecified atom stereocenters. The van der Waals surface area contributed by atoms with Crippen molar-refractivity contribution in [2.45, 2.75) is 32.6 Å². The van der Waals surface area contributed by atoms with Crippen molar-refractivity contribution in [1.82, 2.24) is 4.90 Å². The summed E-state index contributed by atoms with van der Waals surface area (Å²) in [6.45, 7) is 2.25. The van der Waals surface area contributed by atoms with E-state index in [1.807, 2.05) is 0 Å². The number of carbonyl (C=O) groups is 1. The summed E-state index contributed by atoms with van der Waals surface area (Å²) in [5.74, 6) is -1.10. The highest BCUT2D eigenvalue weighted by Gasteiger charge is 2.32. The lowest BCUT2D eigenvalue weighted by Crippen LogP contribution is -2.38. The standard InChI is InChI=1S/C11H14F3NO2S/c1-7(2)15(6-11(12,13)14)5-8-3-4-18-9(8)10(16)17/h3-4,7H,5-6H2,1-2H3,(H,16,17). The van der Waals surface area contributed by atoms with E-state index in [1.54, 1.807) is 25.3 Å². The predicted octanol–water partition coefficient (Wildman–Crippen LogP) is 3.22. The van der Waals surface area contributed by atoms with Gasteiger partial charge in [0, 0.05) is 12.6 Å². The molecule has 1 heterocycles. The second-order valence-electron chi connectivity index (χ2n) is 4.19. The highest BCUT2D eigenvalue weighted by molar-refractivity contribution is 7.12. The number of rotatable bonds is 5. The SMILES string of the molecule is CC(C)N(Cc1ccsc1C(=O)O)CC(F)(F)F. The number of hydrogen-bond donors (Lipinski definition) is 1. The van der Waals surface area contributed by atoms with Crippen molar-refractivity contribution in [3.8, 4) is 0 Å². The first-order valence-electron chi connectivity index (χ1n) is 5.31. The van der Waals surface area contributed by atoms with Crippen molar-refractivity contribution in [2.24, 2.45) is 0 Å². The third-order valence-electron chi connectivity index (χ3n) is 2.43. The molecule has 0 aliphatic heterocycles. The Hall–Kier alpha value is -1.08. The average molecular weight is 281 g/mol. The molecule has 0 aromatic carbocycles. The Balaban J connectivity index is 2.84. The van der Waals surface area contributed by atoms with E-state index in [4.69, 9.17) is 5.11 Å². The van der Waals surface area contributed by atoms with Crippen LogP contribution in [0.5, 0.6) is 0 Å². The minimum atomic E-state index is -4.29. The van der Waals surface area contributed by atoms with Crippen LogP contribution in [-0.2, 0) is 6.54 Å². The van der Waals surface area contributed by atoms with Crippen LogP contribution in [0.25, 0.3) is 0 Å². The minimum Gasteiger partial charge on any atom is -0.477 e. The molecule has 0 bridgehead atoms. The fourth-order valence-electron chi connectivity index (χ4n) is 1.52. The second kappa shape index (κ2) is 5.71. The summed E-state index contributed by atoms with van der Waals surface area (Å²) in [4.78, 5) is 12.2. The summed E-state index contributed by atoms with van der Waals surface area (Å²) in [5.41, 5.74) is 0.422. The molecule has 3 nitrogen and oxygen atoms in total. The molecular weight excluding hydrogens is 267 g/mol. The minimum absolute atomic E-state index is 0.0116. The van der Waals surface area contributed by atoms with Crippen LogP contribution in [0.1, 0.15) is 29.1 Å². The number of nitrogens with zero attached hydrogens (tertiary/aromatic N) is 1. The molecule has 0 saturated carbocycles. The molecule has 0 aliphatic carbocycles. The van der Waals surface area contributed by atoms with Crippen LogP contribution in [0.2, 0.25) is 0 Å². The molecule has 0 saturated heterocycles. The molecule has 0 atom stereocenters. The van der Waals surface area contributed by atoms with Gasteiger partial charge in [0.1, 0.15) is 4.88 Å². The lowest BCUT2D eigenvalue weighted by Gasteiger charge is -2.27. The Morgan fingerprint density at radius 1 is 1.50 bits per heavy atom. The van der Waals surface area contributed by atoms with Gasteiger partial charge in [0.15, 0.2) is 0 Å². The van der Waals surface area contributed by atoms with E-state index < -0.39 is 18.7 Å². The molecule has 18 heavy (non-hydrogen) atoms. The second-order valence-corrected chi connectivity index (χ2v) is 5.11. The van der Waals surface area contributed by atoms with Gasteiger partial charge in [-0.3, -0.25) is 4.90 Å². The molecule has 1 rings (SSSR count). The van der Waals surface area contributed by atoms with Crippen molar-refractivity contribution < 1.29 is 23.1 Å². The van der Waals surface area contributed by atoms with E-state index in [0.717, 1.165) is 11.3 Å². The van der Waals surface area contributed by atoms with Crippen LogP contribution in [0.4, 0.5) is 13.2 Å². The fourth-order valence-corrected chi connectivity index (χ4v) is 2.27. The van der Waals surface area contributed by atoms with Gasteiger partial charge < -0.3 is 5.11 Å². The predicted molar refractivity (Wildman–Crippen MR) is 62.9 cm³/mol. The smallest absolute Gasteiger partial charge is 0.401 e. The maximum Gasteiger partial charge on any atom is 0.401 e. The van der Waals surface area contributed by atoms with Gasteiger partial charge in [-0.15, -0.1) is 11.3 Å². The Kier molecular flexibility index (Phi) is 4.75. The van der Waals surface area contributed by atoms with E-state index in [9.17, 15) is 18.0 Å². The Bertz CT molecular complexity index is 415. The Labute approximate surface area is 107 Å². The fraction of sp³-hybridized carbons (Fsp3) is 0.545. The lowest BCUT2D eigenvalue weighted by molar-refractivity contribution is -0.150. The van der Waals surface area contributed by atoms with Crippen LogP contribution in [0.15, 0.2) is 11.4 Å². The zero-order valence-corrected chi connectivity index (χ0v) is 10.8. The van der Waals surface area contributed by atoms with Crippen LogP contribution < -0.4 is 0 Å². The van der Waals surface area contributed by atoms with Crippen LogP contribution in [-0.4, -0.2) is 34.7 Å². The molecular formula is C11H14F3NO2S. The van der Waals surface area contributed by atoms with E-state index in [2.05, 4.69) is 0 Å². The number of carboxylic acids is 1. The summed E-state index contributed by atoms with van der Waals surface area (Å²) >= 11 is 1.02. The van der Waals surface area contributed by atoms with Gasteiger partial charge in [-0.2, -0.15) is 13.2 Å². The van der Waals surface area contributed by atoms with Crippen molar-refractivity contribution in [3.63, 3.8) is 0 Å².